The molecule has 2 aliphatic rings. The van der Waals surface area contributed by atoms with Crippen molar-refractivity contribution in [2.45, 2.75) is 25.8 Å². The van der Waals surface area contributed by atoms with Crippen LogP contribution in [0, 0.1) is 5.92 Å². The van der Waals surface area contributed by atoms with Crippen LogP contribution in [0.5, 0.6) is 0 Å². The standard InChI is InChI=1S/C17H27N5O3/c1-12(2)22-7-13(5-19-22)15-8-20(6-14(15)11-23)10-17(25)21-4-3-18-16(24)9-21/h5,7,12,14-15,23H,3-4,6,8-11H2,1-2H3,(H,18,24)/t14-,15-/m0/s1. The van der Waals surface area contributed by atoms with Crippen molar-refractivity contribution in [3.63, 3.8) is 0 Å². The lowest BCUT2D eigenvalue weighted by atomic mass is 9.92. The van der Waals surface area contributed by atoms with E-state index in [1.165, 1.54) is 0 Å². The Hall–Kier alpha value is -1.93. The molecule has 0 spiro atoms. The zero-order valence-corrected chi connectivity index (χ0v) is 14.9. The van der Waals surface area contributed by atoms with E-state index in [1.807, 2.05) is 17.1 Å². The van der Waals surface area contributed by atoms with Gasteiger partial charge in [-0.25, -0.2) is 0 Å². The van der Waals surface area contributed by atoms with Crippen molar-refractivity contribution in [2.75, 3.05) is 45.9 Å². The first-order valence-corrected chi connectivity index (χ1v) is 8.89. The number of amides is 2. The number of likely N-dealkylation sites (tertiary alicyclic amines) is 1. The van der Waals surface area contributed by atoms with Crippen LogP contribution < -0.4 is 5.32 Å². The number of rotatable bonds is 5. The Labute approximate surface area is 147 Å². The lowest BCUT2D eigenvalue weighted by molar-refractivity contribution is -0.138. The van der Waals surface area contributed by atoms with Gasteiger partial charge in [0, 0.05) is 56.9 Å². The highest BCUT2D eigenvalue weighted by Gasteiger charge is 2.35. The number of hydrogen-bond acceptors (Lipinski definition) is 5. The summed E-state index contributed by atoms with van der Waals surface area (Å²) < 4.78 is 1.92. The average Bonchev–Trinajstić information content (AvgIpc) is 3.21. The normalized spacial score (nSPS) is 24.8. The second kappa shape index (κ2) is 7.53. The first kappa shape index (κ1) is 17.9. The topological polar surface area (TPSA) is 90.7 Å². The summed E-state index contributed by atoms with van der Waals surface area (Å²) in [5.41, 5.74) is 1.11. The summed E-state index contributed by atoms with van der Waals surface area (Å²) in [7, 11) is 0. The number of aliphatic hydroxyl groups is 1. The van der Waals surface area contributed by atoms with E-state index in [0.29, 0.717) is 32.2 Å². The van der Waals surface area contributed by atoms with Crippen molar-refractivity contribution < 1.29 is 14.7 Å². The molecule has 3 rings (SSSR count). The third kappa shape index (κ3) is 4.01. The van der Waals surface area contributed by atoms with Crippen molar-refractivity contribution in [2.24, 2.45) is 5.92 Å². The lowest BCUT2D eigenvalue weighted by Gasteiger charge is -2.28. The Morgan fingerprint density at radius 2 is 2.24 bits per heavy atom. The molecule has 8 nitrogen and oxygen atoms in total. The molecule has 2 N–H and O–H groups in total. The van der Waals surface area contributed by atoms with Crippen LogP contribution in [0.1, 0.15) is 31.4 Å². The van der Waals surface area contributed by atoms with Gasteiger partial charge >= 0.3 is 0 Å². The van der Waals surface area contributed by atoms with Crippen LogP contribution in [0.25, 0.3) is 0 Å². The summed E-state index contributed by atoms with van der Waals surface area (Å²) in [4.78, 5) is 27.6. The lowest BCUT2D eigenvalue weighted by Crippen LogP contribution is -2.52. The van der Waals surface area contributed by atoms with Crippen molar-refractivity contribution in [3.05, 3.63) is 18.0 Å². The number of aliphatic hydroxyl groups excluding tert-OH is 1. The maximum Gasteiger partial charge on any atom is 0.239 e. The summed E-state index contributed by atoms with van der Waals surface area (Å²) in [5.74, 6) is 0.149. The zero-order chi connectivity index (χ0) is 18.0. The molecule has 2 amide bonds. The monoisotopic (exact) mass is 349 g/mol. The number of hydrogen-bond donors (Lipinski definition) is 2. The van der Waals surface area contributed by atoms with E-state index in [0.717, 1.165) is 12.1 Å². The molecular weight excluding hydrogens is 322 g/mol. The molecule has 2 atom stereocenters. The number of carbonyl (C=O) groups is 2. The number of nitrogens with one attached hydrogen (secondary N) is 1. The quantitative estimate of drug-likeness (QED) is 0.743. The van der Waals surface area contributed by atoms with Crippen LogP contribution >= 0.6 is 0 Å². The Balaban J connectivity index is 1.62. The fourth-order valence-corrected chi connectivity index (χ4v) is 3.62. The SMILES string of the molecule is CC(C)n1cc([C@@H]2CN(CC(=O)N3CCNC(=O)C3)C[C@H]2CO)cn1. The average molecular weight is 349 g/mol. The molecule has 0 radical (unpaired) electrons. The van der Waals surface area contributed by atoms with Gasteiger partial charge in [-0.3, -0.25) is 19.2 Å². The van der Waals surface area contributed by atoms with E-state index >= 15 is 0 Å². The minimum Gasteiger partial charge on any atom is -0.396 e. The third-order valence-electron chi connectivity index (χ3n) is 5.08. The summed E-state index contributed by atoms with van der Waals surface area (Å²) in [6.45, 7) is 7.16. The van der Waals surface area contributed by atoms with Gasteiger partial charge in [0.1, 0.15) is 0 Å². The van der Waals surface area contributed by atoms with Crippen LogP contribution in [0.3, 0.4) is 0 Å². The minimum absolute atomic E-state index is 0.0231. The van der Waals surface area contributed by atoms with Gasteiger partial charge in [0.2, 0.25) is 11.8 Å². The fraction of sp³-hybridized carbons (Fsp3) is 0.706. The summed E-state index contributed by atoms with van der Waals surface area (Å²) in [6, 6.07) is 0.297. The fourth-order valence-electron chi connectivity index (χ4n) is 3.62. The second-order valence-electron chi connectivity index (χ2n) is 7.26. The van der Waals surface area contributed by atoms with Crippen LogP contribution in [0.2, 0.25) is 0 Å². The number of carbonyl (C=O) groups excluding carboxylic acids is 2. The van der Waals surface area contributed by atoms with Crippen LogP contribution in [0.15, 0.2) is 12.4 Å². The molecule has 0 aromatic carbocycles. The highest BCUT2D eigenvalue weighted by Crippen LogP contribution is 2.32. The first-order chi connectivity index (χ1) is 12.0. The molecule has 0 unspecified atom stereocenters. The van der Waals surface area contributed by atoms with E-state index in [2.05, 4.69) is 29.2 Å². The van der Waals surface area contributed by atoms with Crippen molar-refractivity contribution in [1.82, 2.24) is 24.9 Å². The van der Waals surface area contributed by atoms with E-state index in [4.69, 9.17) is 0 Å². The summed E-state index contributed by atoms with van der Waals surface area (Å²) in [5, 5.41) is 16.9. The molecule has 0 bridgehead atoms. The zero-order valence-electron chi connectivity index (χ0n) is 14.9. The Kier molecular flexibility index (Phi) is 5.39. The van der Waals surface area contributed by atoms with Gasteiger partial charge in [0.25, 0.3) is 0 Å². The van der Waals surface area contributed by atoms with Crippen molar-refractivity contribution in [1.29, 1.82) is 0 Å². The van der Waals surface area contributed by atoms with Gasteiger partial charge < -0.3 is 15.3 Å². The van der Waals surface area contributed by atoms with Crippen molar-refractivity contribution >= 4 is 11.8 Å². The van der Waals surface area contributed by atoms with Crippen molar-refractivity contribution in [3.8, 4) is 0 Å². The highest BCUT2D eigenvalue weighted by molar-refractivity contribution is 5.86. The molecule has 3 heterocycles. The van der Waals surface area contributed by atoms with E-state index in [1.54, 1.807) is 4.90 Å². The molecule has 2 aliphatic heterocycles. The van der Waals surface area contributed by atoms with E-state index in [9.17, 15) is 14.7 Å². The second-order valence-corrected chi connectivity index (χ2v) is 7.26. The maximum absolute atomic E-state index is 12.5. The van der Waals surface area contributed by atoms with Gasteiger partial charge in [-0.2, -0.15) is 5.10 Å². The number of aromatic nitrogens is 2. The molecule has 1 aromatic rings. The van der Waals surface area contributed by atoms with E-state index in [-0.39, 0.29) is 36.8 Å². The van der Waals surface area contributed by atoms with Gasteiger partial charge in [-0.1, -0.05) is 0 Å². The molecule has 2 saturated heterocycles. The predicted octanol–water partition coefficient (Wildman–Crippen LogP) is -0.570. The van der Waals surface area contributed by atoms with E-state index < -0.39 is 0 Å². The highest BCUT2D eigenvalue weighted by atomic mass is 16.3. The largest absolute Gasteiger partial charge is 0.396 e. The number of piperazine rings is 1. The van der Waals surface area contributed by atoms with Crippen LogP contribution in [-0.4, -0.2) is 82.4 Å². The Morgan fingerprint density at radius 3 is 2.88 bits per heavy atom. The minimum atomic E-state index is -0.103. The van der Waals surface area contributed by atoms with Gasteiger partial charge in [-0.05, 0) is 19.4 Å². The predicted molar refractivity (Wildman–Crippen MR) is 92.0 cm³/mol. The van der Waals surface area contributed by atoms with Crippen LogP contribution in [0.4, 0.5) is 0 Å². The Morgan fingerprint density at radius 1 is 1.44 bits per heavy atom. The smallest absolute Gasteiger partial charge is 0.239 e. The maximum atomic E-state index is 12.5. The Bertz CT molecular complexity index is 630. The molecule has 138 valence electrons. The number of nitrogens with zero attached hydrogens (tertiary/aromatic N) is 4. The van der Waals surface area contributed by atoms with Gasteiger partial charge in [-0.15, -0.1) is 0 Å². The summed E-state index contributed by atoms with van der Waals surface area (Å²) in [6.07, 6.45) is 3.91. The van der Waals surface area contributed by atoms with Gasteiger partial charge in [0.15, 0.2) is 0 Å². The summed E-state index contributed by atoms with van der Waals surface area (Å²) >= 11 is 0. The molecule has 0 saturated carbocycles. The molecule has 1 aromatic heterocycles. The first-order valence-electron chi connectivity index (χ1n) is 8.89. The molecule has 0 aliphatic carbocycles. The molecule has 2 fully saturated rings. The molecule has 8 heteroatoms. The third-order valence-corrected chi connectivity index (χ3v) is 5.08. The molecular formula is C17H27N5O3. The van der Waals surface area contributed by atoms with Gasteiger partial charge in [0.05, 0.1) is 19.3 Å². The van der Waals surface area contributed by atoms with Crippen LogP contribution in [-0.2, 0) is 9.59 Å². The molecule has 25 heavy (non-hydrogen) atoms.